The first-order valence-electron chi connectivity index (χ1n) is 10.4. The zero-order valence-corrected chi connectivity index (χ0v) is 17.1. The van der Waals surface area contributed by atoms with E-state index in [4.69, 9.17) is 19.2 Å². The first-order valence-corrected chi connectivity index (χ1v) is 10.4. The summed E-state index contributed by atoms with van der Waals surface area (Å²) in [7, 11) is 1.69. The van der Waals surface area contributed by atoms with Crippen molar-refractivity contribution in [1.29, 1.82) is 0 Å². The fraction of sp³-hybridized carbons (Fsp3) is 0.545. The second-order valence-corrected chi connectivity index (χ2v) is 7.60. The average Bonchev–Trinajstić information content (AvgIpc) is 3.28. The monoisotopic (exact) mass is 398 g/mol. The molecule has 0 bridgehead atoms. The van der Waals surface area contributed by atoms with Gasteiger partial charge in [-0.15, -0.1) is 0 Å². The molecule has 2 saturated heterocycles. The molecule has 2 fully saturated rings. The van der Waals surface area contributed by atoms with Crippen LogP contribution in [0.5, 0.6) is 5.75 Å². The van der Waals surface area contributed by atoms with Gasteiger partial charge in [0, 0.05) is 45.5 Å². The van der Waals surface area contributed by atoms with Gasteiger partial charge in [-0.05, 0) is 36.6 Å². The molecule has 0 radical (unpaired) electrons. The van der Waals surface area contributed by atoms with E-state index in [2.05, 4.69) is 26.9 Å². The molecule has 29 heavy (non-hydrogen) atoms. The molecule has 0 spiro atoms. The topological polar surface area (TPSA) is 60.0 Å². The molecule has 3 heterocycles. The van der Waals surface area contributed by atoms with Crippen molar-refractivity contribution in [3.8, 4) is 5.75 Å². The van der Waals surface area contributed by atoms with E-state index in [-0.39, 0.29) is 0 Å². The van der Waals surface area contributed by atoms with E-state index in [1.54, 1.807) is 7.11 Å². The maximum Gasteiger partial charge on any atom is 0.225 e. The minimum absolute atomic E-state index is 0.300. The van der Waals surface area contributed by atoms with E-state index >= 15 is 0 Å². The zero-order chi connectivity index (χ0) is 19.9. The lowest BCUT2D eigenvalue weighted by Crippen LogP contribution is -2.37. The SMILES string of the molecule is COc1ccc(CN(Cc2ccnc(N3CCOCC3)n2)CC2CCCO2)cc1. The lowest BCUT2D eigenvalue weighted by Gasteiger charge is -2.28. The summed E-state index contributed by atoms with van der Waals surface area (Å²) in [5.41, 5.74) is 2.29. The molecule has 1 aromatic carbocycles. The Hall–Kier alpha value is -2.22. The Kier molecular flexibility index (Phi) is 6.92. The van der Waals surface area contributed by atoms with Crippen LogP contribution < -0.4 is 9.64 Å². The Morgan fingerprint density at radius 1 is 1.10 bits per heavy atom. The predicted molar refractivity (Wildman–Crippen MR) is 111 cm³/mol. The number of ether oxygens (including phenoxy) is 3. The van der Waals surface area contributed by atoms with Crippen LogP contribution in [0.2, 0.25) is 0 Å². The van der Waals surface area contributed by atoms with Crippen molar-refractivity contribution >= 4 is 5.95 Å². The number of benzene rings is 1. The molecular formula is C22H30N4O3. The molecule has 4 rings (SSSR count). The van der Waals surface area contributed by atoms with Crippen LogP contribution in [0.4, 0.5) is 5.95 Å². The first-order chi connectivity index (χ1) is 14.3. The molecule has 0 saturated carbocycles. The molecule has 2 aliphatic heterocycles. The van der Waals surface area contributed by atoms with Gasteiger partial charge in [-0.1, -0.05) is 12.1 Å². The molecule has 2 aliphatic rings. The van der Waals surface area contributed by atoms with Crippen LogP contribution in [0.25, 0.3) is 0 Å². The molecule has 1 atom stereocenters. The lowest BCUT2D eigenvalue weighted by atomic mass is 10.1. The minimum atomic E-state index is 0.300. The number of hydrogen-bond donors (Lipinski definition) is 0. The Balaban J connectivity index is 1.46. The molecular weight excluding hydrogens is 368 g/mol. The number of nitrogens with zero attached hydrogens (tertiary/aromatic N) is 4. The number of anilines is 1. The van der Waals surface area contributed by atoms with Crippen molar-refractivity contribution in [3.63, 3.8) is 0 Å². The van der Waals surface area contributed by atoms with Crippen molar-refractivity contribution in [3.05, 3.63) is 47.8 Å². The highest BCUT2D eigenvalue weighted by Crippen LogP contribution is 2.19. The second kappa shape index (κ2) is 10.0. The highest BCUT2D eigenvalue weighted by molar-refractivity contribution is 5.31. The molecule has 0 aliphatic carbocycles. The third-order valence-corrected chi connectivity index (χ3v) is 5.43. The molecule has 7 heteroatoms. The number of rotatable bonds is 8. The van der Waals surface area contributed by atoms with Gasteiger partial charge in [0.25, 0.3) is 0 Å². The van der Waals surface area contributed by atoms with Gasteiger partial charge in [0.1, 0.15) is 5.75 Å². The highest BCUT2D eigenvalue weighted by Gasteiger charge is 2.21. The fourth-order valence-corrected chi connectivity index (χ4v) is 3.87. The molecule has 7 nitrogen and oxygen atoms in total. The summed E-state index contributed by atoms with van der Waals surface area (Å²) in [6, 6.07) is 10.3. The summed E-state index contributed by atoms with van der Waals surface area (Å²) in [6.07, 6.45) is 4.44. The fourth-order valence-electron chi connectivity index (χ4n) is 3.87. The van der Waals surface area contributed by atoms with E-state index in [1.165, 1.54) is 5.56 Å². The number of aromatic nitrogens is 2. The maximum absolute atomic E-state index is 5.90. The summed E-state index contributed by atoms with van der Waals surface area (Å²) in [5, 5.41) is 0. The third kappa shape index (κ3) is 5.65. The van der Waals surface area contributed by atoms with Gasteiger partial charge in [0.15, 0.2) is 0 Å². The normalized spacial score (nSPS) is 19.7. The van der Waals surface area contributed by atoms with Gasteiger partial charge in [-0.25, -0.2) is 9.97 Å². The zero-order valence-electron chi connectivity index (χ0n) is 17.1. The highest BCUT2D eigenvalue weighted by atomic mass is 16.5. The van der Waals surface area contributed by atoms with Crippen molar-refractivity contribution in [2.75, 3.05) is 51.5 Å². The molecule has 2 aromatic rings. The van der Waals surface area contributed by atoms with Gasteiger partial charge in [-0.3, -0.25) is 4.90 Å². The van der Waals surface area contributed by atoms with Gasteiger partial charge in [0.05, 0.1) is 32.1 Å². The number of methoxy groups -OCH3 is 1. The quantitative estimate of drug-likeness (QED) is 0.677. The first kappa shape index (κ1) is 20.1. The second-order valence-electron chi connectivity index (χ2n) is 7.60. The van der Waals surface area contributed by atoms with Crippen molar-refractivity contribution in [1.82, 2.24) is 14.9 Å². The molecule has 1 aromatic heterocycles. The summed E-state index contributed by atoms with van der Waals surface area (Å²) in [6.45, 7) is 6.54. The van der Waals surface area contributed by atoms with E-state index in [9.17, 15) is 0 Å². The van der Waals surface area contributed by atoms with Gasteiger partial charge >= 0.3 is 0 Å². The van der Waals surface area contributed by atoms with Crippen LogP contribution in [-0.4, -0.2) is 67.5 Å². The number of hydrogen-bond acceptors (Lipinski definition) is 7. The molecule has 0 N–H and O–H groups in total. The van der Waals surface area contributed by atoms with Crippen LogP contribution in [0.15, 0.2) is 36.5 Å². The van der Waals surface area contributed by atoms with E-state index in [1.807, 2.05) is 24.4 Å². The van der Waals surface area contributed by atoms with Crippen molar-refractivity contribution < 1.29 is 14.2 Å². The maximum atomic E-state index is 5.90. The lowest BCUT2D eigenvalue weighted by molar-refractivity contribution is 0.0674. The Labute approximate surface area is 172 Å². The molecule has 0 amide bonds. The van der Waals surface area contributed by atoms with Crippen LogP contribution in [0, 0.1) is 0 Å². The average molecular weight is 399 g/mol. The Bertz CT molecular complexity index is 759. The summed E-state index contributed by atoms with van der Waals surface area (Å²) in [5.74, 6) is 1.68. The summed E-state index contributed by atoms with van der Waals surface area (Å²) in [4.78, 5) is 13.9. The van der Waals surface area contributed by atoms with E-state index in [0.29, 0.717) is 6.10 Å². The van der Waals surface area contributed by atoms with Crippen molar-refractivity contribution in [2.24, 2.45) is 0 Å². The van der Waals surface area contributed by atoms with E-state index < -0.39 is 0 Å². The van der Waals surface area contributed by atoms with Crippen LogP contribution in [0.1, 0.15) is 24.1 Å². The Morgan fingerprint density at radius 3 is 2.66 bits per heavy atom. The minimum Gasteiger partial charge on any atom is -0.497 e. The molecule has 1 unspecified atom stereocenters. The summed E-state index contributed by atoms with van der Waals surface area (Å²) >= 11 is 0. The Morgan fingerprint density at radius 2 is 1.93 bits per heavy atom. The van der Waals surface area contributed by atoms with Crippen molar-refractivity contribution in [2.45, 2.75) is 32.0 Å². The van der Waals surface area contributed by atoms with Crippen LogP contribution >= 0.6 is 0 Å². The van der Waals surface area contributed by atoms with E-state index in [0.717, 1.165) is 82.8 Å². The standard InChI is InChI=1S/C22H30N4O3/c1-27-20-6-4-18(5-7-20)15-25(17-21-3-2-12-29-21)16-19-8-9-23-22(24-19)26-10-13-28-14-11-26/h4-9,21H,2-3,10-17H2,1H3. The van der Waals surface area contributed by atoms with Gasteiger partial charge < -0.3 is 19.1 Å². The van der Waals surface area contributed by atoms with Crippen LogP contribution in [-0.2, 0) is 22.6 Å². The summed E-state index contributed by atoms with van der Waals surface area (Å²) < 4.78 is 16.6. The molecule has 156 valence electrons. The largest absolute Gasteiger partial charge is 0.497 e. The van der Waals surface area contributed by atoms with Gasteiger partial charge in [0.2, 0.25) is 5.95 Å². The van der Waals surface area contributed by atoms with Gasteiger partial charge in [-0.2, -0.15) is 0 Å². The predicted octanol–water partition coefficient (Wildman–Crippen LogP) is 2.50. The number of morpholine rings is 1. The van der Waals surface area contributed by atoms with Crippen LogP contribution in [0.3, 0.4) is 0 Å². The third-order valence-electron chi connectivity index (χ3n) is 5.43. The smallest absolute Gasteiger partial charge is 0.225 e.